The summed E-state index contributed by atoms with van der Waals surface area (Å²) in [6.45, 7) is 3.89. The molecule has 0 spiro atoms. The van der Waals surface area contributed by atoms with E-state index in [0.717, 1.165) is 6.42 Å². The Bertz CT molecular complexity index is 415. The number of fused-ring (bicyclic) bond motifs is 2. The summed E-state index contributed by atoms with van der Waals surface area (Å²) in [5.74, 6) is -0.101. The van der Waals surface area contributed by atoms with Gasteiger partial charge < -0.3 is 0 Å². The molecule has 6 heteroatoms. The predicted octanol–water partition coefficient (Wildman–Crippen LogP) is 1.27. The molecular weight excluding hydrogens is 272 g/mol. The molecule has 0 amide bonds. The van der Waals surface area contributed by atoms with Gasteiger partial charge in [0.05, 0.1) is 11.2 Å². The average Bonchev–Trinajstić information content (AvgIpc) is 2.34. The van der Waals surface area contributed by atoms with E-state index in [1.807, 2.05) is 13.8 Å². The van der Waals surface area contributed by atoms with E-state index < -0.39 is 21.3 Å². The van der Waals surface area contributed by atoms with Gasteiger partial charge in [-0.1, -0.05) is 13.8 Å². The first-order valence-electron chi connectivity index (χ1n) is 5.17. The van der Waals surface area contributed by atoms with Crippen LogP contribution in [-0.2, 0) is 32.0 Å². The number of hydrogen-bond donors (Lipinski definition) is 1. The van der Waals surface area contributed by atoms with Gasteiger partial charge in [0, 0.05) is 23.5 Å². The Morgan fingerprint density at radius 1 is 1.44 bits per heavy atom. The normalized spacial score (nSPS) is 36.2. The zero-order chi connectivity index (χ0) is 11.5. The van der Waals surface area contributed by atoms with E-state index >= 15 is 0 Å². The van der Waals surface area contributed by atoms with Gasteiger partial charge in [0.1, 0.15) is 5.78 Å². The van der Waals surface area contributed by atoms with Crippen LogP contribution in [0.4, 0.5) is 0 Å². The Kier molecular flexibility index (Phi) is 3.36. The molecule has 16 heavy (non-hydrogen) atoms. The van der Waals surface area contributed by atoms with Crippen LogP contribution in [0.5, 0.6) is 0 Å². The van der Waals surface area contributed by atoms with Crippen molar-refractivity contribution in [3.05, 3.63) is 0 Å². The predicted molar refractivity (Wildman–Crippen MR) is 55.0 cm³/mol. The van der Waals surface area contributed by atoms with Crippen molar-refractivity contribution in [1.29, 1.82) is 0 Å². The Balaban J connectivity index is 0.00000128. The van der Waals surface area contributed by atoms with Gasteiger partial charge in [-0.05, 0) is 24.2 Å². The largest absolute Gasteiger partial charge is 0.299 e. The maximum atomic E-state index is 11.9. The van der Waals surface area contributed by atoms with Gasteiger partial charge in [0.15, 0.2) is 0 Å². The van der Waals surface area contributed by atoms with Crippen LogP contribution in [0.25, 0.3) is 0 Å². The van der Waals surface area contributed by atoms with Crippen molar-refractivity contribution in [2.75, 3.05) is 5.75 Å². The topological polar surface area (TPSA) is 71.4 Å². The molecule has 0 saturated heterocycles. The van der Waals surface area contributed by atoms with Crippen LogP contribution in [0.1, 0.15) is 33.1 Å². The molecule has 2 rings (SSSR count). The van der Waals surface area contributed by atoms with Crippen LogP contribution in [-0.4, -0.2) is 24.5 Å². The van der Waals surface area contributed by atoms with Crippen LogP contribution >= 0.6 is 0 Å². The van der Waals surface area contributed by atoms with Crippen LogP contribution in [0.15, 0.2) is 0 Å². The molecule has 0 radical (unpaired) electrons. The Morgan fingerprint density at radius 2 is 2.00 bits per heavy atom. The molecule has 0 aromatic rings. The van der Waals surface area contributed by atoms with E-state index in [-0.39, 0.29) is 34.2 Å². The van der Waals surface area contributed by atoms with Gasteiger partial charge in [0.2, 0.25) is 0 Å². The Labute approximate surface area is 106 Å². The van der Waals surface area contributed by atoms with Gasteiger partial charge in [-0.25, -0.2) is 0 Å². The molecule has 0 aromatic carbocycles. The number of ketones is 1. The second-order valence-corrected chi connectivity index (χ2v) is 6.85. The second-order valence-electron chi connectivity index (χ2n) is 5.39. The third-order valence-electron chi connectivity index (χ3n) is 4.57. The van der Waals surface area contributed by atoms with Gasteiger partial charge in [-0.3, -0.25) is 9.35 Å². The van der Waals surface area contributed by atoms with Gasteiger partial charge in [0.25, 0.3) is 10.1 Å². The molecule has 2 aliphatic carbocycles. The molecule has 2 fully saturated rings. The van der Waals surface area contributed by atoms with Crippen molar-refractivity contribution in [2.24, 2.45) is 16.7 Å². The minimum absolute atomic E-state index is 0. The minimum atomic E-state index is -4.08. The van der Waals surface area contributed by atoms with Crippen molar-refractivity contribution in [2.45, 2.75) is 33.1 Å². The first-order valence-corrected chi connectivity index (χ1v) is 6.78. The number of hydrogen-bond acceptors (Lipinski definition) is 3. The van der Waals surface area contributed by atoms with E-state index in [4.69, 9.17) is 4.55 Å². The van der Waals surface area contributed by atoms with Crippen molar-refractivity contribution >= 4 is 15.9 Å². The maximum Gasteiger partial charge on any atom is 0.265 e. The summed E-state index contributed by atoms with van der Waals surface area (Å²) in [6, 6.07) is 0. The fourth-order valence-electron chi connectivity index (χ4n) is 3.42. The number of Topliss-reactive ketones (excluding diaryl/α,β-unsaturated/α-hetero) is 1. The second kappa shape index (κ2) is 3.80. The summed E-state index contributed by atoms with van der Waals surface area (Å²) in [6.07, 6.45) is 1.97. The molecule has 0 heterocycles. The standard InChI is InChI=1S/C10H16O4S.Fe/c1-9(2)7-3-4-10(9,8(11)5-7)6-15(12,13)14;/h7H,3-6H2,1-2H3,(H,12,13,14);. The number of carbonyl (C=O) groups is 1. The first kappa shape index (κ1) is 14.2. The zero-order valence-electron chi connectivity index (χ0n) is 9.34. The molecule has 4 nitrogen and oxygen atoms in total. The van der Waals surface area contributed by atoms with Gasteiger partial charge in [-0.2, -0.15) is 8.42 Å². The summed E-state index contributed by atoms with van der Waals surface area (Å²) in [5.41, 5.74) is -1.12. The molecule has 2 atom stereocenters. The Hall–Kier alpha value is 0.0995. The molecule has 2 saturated carbocycles. The molecule has 0 aromatic heterocycles. The summed E-state index contributed by atoms with van der Waals surface area (Å²) < 4.78 is 31.0. The SMILES string of the molecule is CC1(C)C2CCC1(CS(=O)(=O)O)C(=O)C2.[Fe]. The number of rotatable bonds is 2. The molecule has 2 bridgehead atoms. The fourth-order valence-corrected chi connectivity index (χ4v) is 4.72. The van der Waals surface area contributed by atoms with Gasteiger partial charge >= 0.3 is 0 Å². The van der Waals surface area contributed by atoms with E-state index in [1.54, 1.807) is 0 Å². The van der Waals surface area contributed by atoms with Crippen molar-refractivity contribution in [3.63, 3.8) is 0 Å². The van der Waals surface area contributed by atoms with Crippen LogP contribution in [0, 0.1) is 16.7 Å². The van der Waals surface area contributed by atoms with E-state index in [9.17, 15) is 13.2 Å². The van der Waals surface area contributed by atoms with Crippen LogP contribution < -0.4 is 0 Å². The summed E-state index contributed by atoms with van der Waals surface area (Å²) in [7, 11) is -4.08. The molecule has 1 N–H and O–H groups in total. The quantitative estimate of drug-likeness (QED) is 0.613. The summed E-state index contributed by atoms with van der Waals surface area (Å²) in [5, 5.41) is 0. The van der Waals surface area contributed by atoms with Crippen LogP contribution in [0.2, 0.25) is 0 Å². The summed E-state index contributed by atoms with van der Waals surface area (Å²) >= 11 is 0. The summed E-state index contributed by atoms with van der Waals surface area (Å²) in [4.78, 5) is 11.9. The molecular formula is C10H16FeO4S. The zero-order valence-corrected chi connectivity index (χ0v) is 11.3. The maximum absolute atomic E-state index is 11.9. The third-order valence-corrected chi connectivity index (χ3v) is 5.43. The molecule has 94 valence electrons. The number of carbonyl (C=O) groups excluding carboxylic acids is 1. The molecule has 0 aliphatic heterocycles. The molecule has 2 unspecified atom stereocenters. The van der Waals surface area contributed by atoms with Crippen molar-refractivity contribution < 1.29 is 34.8 Å². The monoisotopic (exact) mass is 288 g/mol. The average molecular weight is 288 g/mol. The molecule has 2 aliphatic rings. The first-order chi connectivity index (χ1) is 6.69. The van der Waals surface area contributed by atoms with Gasteiger partial charge in [-0.15, -0.1) is 0 Å². The van der Waals surface area contributed by atoms with Crippen molar-refractivity contribution in [3.8, 4) is 0 Å². The Morgan fingerprint density at radius 3 is 2.31 bits per heavy atom. The fraction of sp³-hybridized carbons (Fsp3) is 0.900. The van der Waals surface area contributed by atoms with E-state index in [2.05, 4.69) is 0 Å². The minimum Gasteiger partial charge on any atom is -0.299 e. The van der Waals surface area contributed by atoms with Crippen molar-refractivity contribution in [1.82, 2.24) is 0 Å². The van der Waals surface area contributed by atoms with E-state index in [0.29, 0.717) is 12.8 Å². The third kappa shape index (κ3) is 1.76. The smallest absolute Gasteiger partial charge is 0.265 e. The van der Waals surface area contributed by atoms with Crippen LogP contribution in [0.3, 0.4) is 0 Å². The van der Waals surface area contributed by atoms with E-state index in [1.165, 1.54) is 0 Å².